The monoisotopic (exact) mass is 235 g/mol. The lowest BCUT2D eigenvalue weighted by Gasteiger charge is -2.11. The van der Waals surface area contributed by atoms with Gasteiger partial charge in [0.2, 0.25) is 5.96 Å². The SMILES string of the molecule is CCc1cccnc1/N=C(\N)NC(=O)N(C)C. The van der Waals surface area contributed by atoms with Gasteiger partial charge in [-0.25, -0.2) is 9.78 Å². The van der Waals surface area contributed by atoms with Crippen molar-refractivity contribution in [1.29, 1.82) is 0 Å². The van der Waals surface area contributed by atoms with Crippen LogP contribution in [-0.2, 0) is 6.42 Å². The number of nitrogens with zero attached hydrogens (tertiary/aromatic N) is 3. The van der Waals surface area contributed by atoms with Crippen LogP contribution in [0.5, 0.6) is 0 Å². The second-order valence-electron chi connectivity index (χ2n) is 3.66. The van der Waals surface area contributed by atoms with E-state index in [2.05, 4.69) is 15.3 Å². The van der Waals surface area contributed by atoms with E-state index in [0.29, 0.717) is 5.82 Å². The maximum atomic E-state index is 11.3. The number of aliphatic imine (C=N–C) groups is 1. The van der Waals surface area contributed by atoms with Crippen molar-refractivity contribution < 1.29 is 4.79 Å². The van der Waals surface area contributed by atoms with Crippen LogP contribution in [0.15, 0.2) is 23.3 Å². The first kappa shape index (κ1) is 13.0. The van der Waals surface area contributed by atoms with Crippen molar-refractivity contribution in [3.63, 3.8) is 0 Å². The van der Waals surface area contributed by atoms with Crippen LogP contribution < -0.4 is 11.1 Å². The minimum Gasteiger partial charge on any atom is -0.369 e. The van der Waals surface area contributed by atoms with Gasteiger partial charge in [0.05, 0.1) is 0 Å². The van der Waals surface area contributed by atoms with Crippen LogP contribution in [0, 0.1) is 0 Å². The maximum Gasteiger partial charge on any atom is 0.323 e. The van der Waals surface area contributed by atoms with E-state index in [1.807, 2.05) is 19.1 Å². The molecule has 1 aromatic heterocycles. The van der Waals surface area contributed by atoms with Gasteiger partial charge >= 0.3 is 6.03 Å². The molecule has 92 valence electrons. The molecule has 0 aliphatic rings. The Balaban J connectivity index is 2.84. The highest BCUT2D eigenvalue weighted by Gasteiger charge is 2.06. The fraction of sp³-hybridized carbons (Fsp3) is 0.364. The molecule has 1 rings (SSSR count). The highest BCUT2D eigenvalue weighted by atomic mass is 16.2. The van der Waals surface area contributed by atoms with Crippen molar-refractivity contribution in [1.82, 2.24) is 15.2 Å². The zero-order valence-electron chi connectivity index (χ0n) is 10.3. The summed E-state index contributed by atoms with van der Waals surface area (Å²) in [7, 11) is 3.25. The summed E-state index contributed by atoms with van der Waals surface area (Å²) in [5.41, 5.74) is 6.60. The lowest BCUT2D eigenvalue weighted by molar-refractivity contribution is 0.222. The first-order valence-corrected chi connectivity index (χ1v) is 5.31. The molecular weight excluding hydrogens is 218 g/mol. The minimum absolute atomic E-state index is 0.0390. The summed E-state index contributed by atoms with van der Waals surface area (Å²) in [6.45, 7) is 2.00. The number of nitrogens with one attached hydrogen (secondary N) is 1. The Bertz CT molecular complexity index is 428. The molecule has 0 aliphatic carbocycles. The van der Waals surface area contributed by atoms with E-state index < -0.39 is 0 Å². The summed E-state index contributed by atoms with van der Waals surface area (Å²) in [4.78, 5) is 20.9. The van der Waals surface area contributed by atoms with E-state index in [1.165, 1.54) is 4.90 Å². The number of aromatic nitrogens is 1. The van der Waals surface area contributed by atoms with E-state index in [4.69, 9.17) is 5.73 Å². The molecule has 0 atom stereocenters. The number of rotatable bonds is 2. The average Bonchev–Trinajstić information content (AvgIpc) is 2.29. The molecule has 0 spiro atoms. The fourth-order valence-electron chi connectivity index (χ4n) is 1.17. The molecule has 17 heavy (non-hydrogen) atoms. The summed E-state index contributed by atoms with van der Waals surface area (Å²) in [5, 5.41) is 2.45. The summed E-state index contributed by atoms with van der Waals surface area (Å²) in [6, 6.07) is 3.44. The van der Waals surface area contributed by atoms with Gasteiger partial charge in [-0.3, -0.25) is 5.32 Å². The molecule has 2 amide bonds. The van der Waals surface area contributed by atoms with Gasteiger partial charge in [0, 0.05) is 20.3 Å². The Kier molecular flexibility index (Phi) is 4.45. The third kappa shape index (κ3) is 3.75. The van der Waals surface area contributed by atoms with Crippen LogP contribution in [-0.4, -0.2) is 36.0 Å². The van der Waals surface area contributed by atoms with Gasteiger partial charge in [-0.15, -0.1) is 0 Å². The Hall–Kier alpha value is -2.11. The predicted octanol–water partition coefficient (Wildman–Crippen LogP) is 0.861. The molecule has 0 radical (unpaired) electrons. The molecule has 0 fully saturated rings. The zero-order valence-corrected chi connectivity index (χ0v) is 10.3. The Morgan fingerprint density at radius 1 is 1.59 bits per heavy atom. The van der Waals surface area contributed by atoms with Gasteiger partial charge in [-0.05, 0) is 18.1 Å². The Morgan fingerprint density at radius 2 is 2.29 bits per heavy atom. The summed E-state index contributed by atoms with van der Waals surface area (Å²) >= 11 is 0. The molecule has 0 aromatic carbocycles. The van der Waals surface area contributed by atoms with Crippen molar-refractivity contribution in [2.45, 2.75) is 13.3 Å². The molecule has 0 unspecified atom stereocenters. The van der Waals surface area contributed by atoms with Gasteiger partial charge in [-0.1, -0.05) is 13.0 Å². The van der Waals surface area contributed by atoms with Crippen molar-refractivity contribution >= 4 is 17.8 Å². The number of nitrogens with two attached hydrogens (primary N) is 1. The largest absolute Gasteiger partial charge is 0.369 e. The number of carbonyl (C=O) groups is 1. The lowest BCUT2D eigenvalue weighted by atomic mass is 10.2. The summed E-state index contributed by atoms with van der Waals surface area (Å²) < 4.78 is 0. The van der Waals surface area contributed by atoms with Crippen LogP contribution in [0.25, 0.3) is 0 Å². The Morgan fingerprint density at radius 3 is 2.88 bits per heavy atom. The molecule has 6 nitrogen and oxygen atoms in total. The Labute approximate surface area is 101 Å². The highest BCUT2D eigenvalue weighted by molar-refractivity contribution is 5.96. The van der Waals surface area contributed by atoms with Gasteiger partial charge in [0.1, 0.15) is 0 Å². The number of urea groups is 1. The molecule has 1 heterocycles. The minimum atomic E-state index is -0.319. The first-order valence-electron chi connectivity index (χ1n) is 5.31. The third-order valence-electron chi connectivity index (χ3n) is 2.12. The van der Waals surface area contributed by atoms with Gasteiger partial charge in [-0.2, -0.15) is 4.99 Å². The van der Waals surface area contributed by atoms with Crippen molar-refractivity contribution in [3.05, 3.63) is 23.9 Å². The second kappa shape index (κ2) is 5.83. The third-order valence-corrected chi connectivity index (χ3v) is 2.12. The quantitative estimate of drug-likeness (QED) is 0.589. The van der Waals surface area contributed by atoms with Crippen LogP contribution in [0.1, 0.15) is 12.5 Å². The lowest BCUT2D eigenvalue weighted by Crippen LogP contribution is -2.42. The van der Waals surface area contributed by atoms with E-state index >= 15 is 0 Å². The standard InChI is InChI=1S/C11H17N5O/c1-4-8-6-5-7-13-9(8)14-10(12)15-11(17)16(2)3/h5-7H,4H2,1-3H3,(H3,12,13,14,15,17). The first-order chi connectivity index (χ1) is 8.04. The normalized spacial score (nSPS) is 11.1. The predicted molar refractivity (Wildman–Crippen MR) is 67.1 cm³/mol. The molecule has 0 aliphatic heterocycles. The number of carbonyl (C=O) groups excluding carboxylic acids is 1. The van der Waals surface area contributed by atoms with Crippen LogP contribution in [0.4, 0.5) is 10.6 Å². The van der Waals surface area contributed by atoms with Gasteiger partial charge in [0.25, 0.3) is 0 Å². The molecule has 6 heteroatoms. The van der Waals surface area contributed by atoms with Crippen molar-refractivity contribution in [3.8, 4) is 0 Å². The van der Waals surface area contributed by atoms with Crippen LogP contribution >= 0.6 is 0 Å². The van der Waals surface area contributed by atoms with Crippen LogP contribution in [0.3, 0.4) is 0 Å². The smallest absolute Gasteiger partial charge is 0.323 e. The van der Waals surface area contributed by atoms with E-state index in [0.717, 1.165) is 12.0 Å². The summed E-state index contributed by atoms with van der Waals surface area (Å²) in [5.74, 6) is 0.573. The van der Waals surface area contributed by atoms with E-state index in [9.17, 15) is 4.79 Å². The molecule has 0 bridgehead atoms. The number of pyridine rings is 1. The van der Waals surface area contributed by atoms with Crippen molar-refractivity contribution in [2.24, 2.45) is 10.7 Å². The molecular formula is C11H17N5O. The summed E-state index contributed by atoms with van der Waals surface area (Å²) in [6.07, 6.45) is 2.45. The average molecular weight is 235 g/mol. The molecule has 0 saturated heterocycles. The number of hydrogen-bond donors (Lipinski definition) is 2. The van der Waals surface area contributed by atoms with Gasteiger partial charge < -0.3 is 10.6 Å². The van der Waals surface area contributed by atoms with E-state index in [1.54, 1.807) is 20.3 Å². The number of guanidine groups is 1. The number of amides is 2. The molecule has 1 aromatic rings. The van der Waals surface area contributed by atoms with Crippen molar-refractivity contribution in [2.75, 3.05) is 14.1 Å². The highest BCUT2D eigenvalue weighted by Crippen LogP contribution is 2.14. The second-order valence-corrected chi connectivity index (χ2v) is 3.66. The zero-order chi connectivity index (χ0) is 12.8. The fourth-order valence-corrected chi connectivity index (χ4v) is 1.17. The van der Waals surface area contributed by atoms with Crippen LogP contribution in [0.2, 0.25) is 0 Å². The maximum absolute atomic E-state index is 11.3. The van der Waals surface area contributed by atoms with E-state index in [-0.39, 0.29) is 12.0 Å². The molecule has 0 saturated carbocycles. The van der Waals surface area contributed by atoms with Gasteiger partial charge in [0.15, 0.2) is 5.82 Å². The molecule has 3 N–H and O–H groups in total. The number of aryl methyl sites for hydroxylation is 1. The topological polar surface area (TPSA) is 83.6 Å². The number of hydrogen-bond acceptors (Lipinski definition) is 3.